The van der Waals surface area contributed by atoms with Crippen molar-refractivity contribution in [2.45, 2.75) is 84.0 Å². The molecule has 1 aliphatic carbocycles. The minimum Gasteiger partial charge on any atom is -0.481 e. The molecule has 4 nitrogen and oxygen atoms in total. The van der Waals surface area contributed by atoms with Gasteiger partial charge in [0.05, 0.1) is 18.4 Å². The molecule has 0 heterocycles. The molecule has 0 bridgehead atoms. The molecule has 1 saturated carbocycles. The van der Waals surface area contributed by atoms with Gasteiger partial charge in [-0.05, 0) is 38.5 Å². The number of allylic oxidation sites excluding steroid dienone is 2. The largest absolute Gasteiger partial charge is 0.481 e. The van der Waals surface area contributed by atoms with Gasteiger partial charge in [-0.15, -0.1) is 0 Å². The van der Waals surface area contributed by atoms with Crippen LogP contribution in [0.25, 0.3) is 0 Å². The lowest BCUT2D eigenvalue weighted by molar-refractivity contribution is -0.159. The fourth-order valence-electron chi connectivity index (χ4n) is 3.29. The highest BCUT2D eigenvalue weighted by Gasteiger charge is 2.36. The third kappa shape index (κ3) is 8.51. The van der Waals surface area contributed by atoms with Gasteiger partial charge >= 0.3 is 11.9 Å². The number of carboxylic acid groups (broad SMARTS) is 1. The Hall–Kier alpha value is -1.32. The van der Waals surface area contributed by atoms with E-state index in [-0.39, 0.29) is 5.97 Å². The van der Waals surface area contributed by atoms with Crippen LogP contribution in [0, 0.1) is 11.8 Å². The minimum absolute atomic E-state index is 0.318. The molecule has 4 heteroatoms. The first kappa shape index (κ1) is 20.7. The first-order valence-electron chi connectivity index (χ1n) is 9.71. The smallest absolute Gasteiger partial charge is 0.309 e. The zero-order valence-corrected chi connectivity index (χ0v) is 15.2. The van der Waals surface area contributed by atoms with Crippen LogP contribution in [0.3, 0.4) is 0 Å². The van der Waals surface area contributed by atoms with Crippen molar-refractivity contribution in [1.29, 1.82) is 0 Å². The number of aliphatic carboxylic acids is 1. The molecule has 0 radical (unpaired) electrons. The van der Waals surface area contributed by atoms with E-state index in [1.165, 1.54) is 32.1 Å². The highest BCUT2D eigenvalue weighted by molar-refractivity contribution is 5.81. The highest BCUT2D eigenvalue weighted by atomic mass is 16.5. The van der Waals surface area contributed by atoms with Gasteiger partial charge < -0.3 is 9.84 Å². The third-order valence-corrected chi connectivity index (χ3v) is 4.79. The normalized spacial score (nSPS) is 21.0. The second kappa shape index (κ2) is 13.0. The predicted octanol–water partition coefficient (Wildman–Crippen LogP) is 5.12. The average Bonchev–Trinajstić information content (AvgIpc) is 2.59. The number of ether oxygens (including phenoxy) is 1. The molecule has 2 atom stereocenters. The number of carboxylic acids is 1. The summed E-state index contributed by atoms with van der Waals surface area (Å²) in [4.78, 5) is 23.3. The van der Waals surface area contributed by atoms with Gasteiger partial charge in [0, 0.05) is 0 Å². The molecular weight excluding hydrogens is 304 g/mol. The number of carbonyl (C=O) groups is 2. The van der Waals surface area contributed by atoms with Crippen LogP contribution in [0.5, 0.6) is 0 Å². The number of hydrogen-bond acceptors (Lipinski definition) is 3. The molecule has 138 valence electrons. The van der Waals surface area contributed by atoms with Crippen molar-refractivity contribution in [3.63, 3.8) is 0 Å². The fraction of sp³-hybridized carbons (Fsp3) is 0.800. The van der Waals surface area contributed by atoms with Gasteiger partial charge in [0.1, 0.15) is 0 Å². The molecule has 2 unspecified atom stereocenters. The van der Waals surface area contributed by atoms with Crippen LogP contribution in [-0.4, -0.2) is 23.7 Å². The molecular formula is C20H34O4. The van der Waals surface area contributed by atoms with Crippen molar-refractivity contribution in [3.05, 3.63) is 12.2 Å². The van der Waals surface area contributed by atoms with Gasteiger partial charge in [-0.2, -0.15) is 0 Å². The van der Waals surface area contributed by atoms with E-state index in [2.05, 4.69) is 19.1 Å². The Labute approximate surface area is 146 Å². The van der Waals surface area contributed by atoms with Gasteiger partial charge in [-0.1, -0.05) is 57.6 Å². The van der Waals surface area contributed by atoms with E-state index >= 15 is 0 Å². The number of carbonyl (C=O) groups excluding carboxylic acids is 1. The van der Waals surface area contributed by atoms with Crippen LogP contribution >= 0.6 is 0 Å². The highest BCUT2D eigenvalue weighted by Crippen LogP contribution is 2.31. The van der Waals surface area contributed by atoms with Gasteiger partial charge in [-0.25, -0.2) is 0 Å². The maximum absolute atomic E-state index is 12.1. The van der Waals surface area contributed by atoms with Crippen LogP contribution in [0.4, 0.5) is 0 Å². The fourth-order valence-corrected chi connectivity index (χ4v) is 3.29. The Morgan fingerprint density at radius 1 is 0.958 bits per heavy atom. The van der Waals surface area contributed by atoms with Crippen molar-refractivity contribution in [2.24, 2.45) is 11.8 Å². The predicted molar refractivity (Wildman–Crippen MR) is 95.8 cm³/mol. The molecule has 0 aromatic rings. The zero-order chi connectivity index (χ0) is 17.6. The Morgan fingerprint density at radius 2 is 1.58 bits per heavy atom. The summed E-state index contributed by atoms with van der Waals surface area (Å²) in [7, 11) is 0. The number of esters is 1. The molecule has 0 amide bonds. The van der Waals surface area contributed by atoms with E-state index in [4.69, 9.17) is 4.74 Å². The van der Waals surface area contributed by atoms with E-state index in [9.17, 15) is 14.7 Å². The first-order valence-corrected chi connectivity index (χ1v) is 9.71. The summed E-state index contributed by atoms with van der Waals surface area (Å²) < 4.78 is 5.30. The Kier molecular flexibility index (Phi) is 11.2. The second-order valence-electron chi connectivity index (χ2n) is 6.82. The zero-order valence-electron chi connectivity index (χ0n) is 15.2. The quantitative estimate of drug-likeness (QED) is 0.305. The standard InChI is InChI=1S/C20H34O4/c1-2-3-4-5-6-7-8-9-10-13-16-24-20(23)18-15-12-11-14-17(18)19(21)22/h8-9,17-18H,2-7,10-16H2,1H3,(H,21,22)/b9-8+. The first-order chi connectivity index (χ1) is 11.7. The van der Waals surface area contributed by atoms with Gasteiger partial charge in [-0.3, -0.25) is 9.59 Å². The van der Waals surface area contributed by atoms with Crippen LogP contribution in [0.1, 0.15) is 84.0 Å². The second-order valence-corrected chi connectivity index (χ2v) is 6.82. The molecule has 1 N–H and O–H groups in total. The number of rotatable bonds is 12. The summed E-state index contributed by atoms with van der Waals surface area (Å²) >= 11 is 0. The monoisotopic (exact) mass is 338 g/mol. The Balaban J connectivity index is 2.07. The SMILES string of the molecule is CCCCCCC/C=C/CCCOC(=O)C1CCCCC1C(=O)O. The summed E-state index contributed by atoms with van der Waals surface area (Å²) in [6.45, 7) is 2.62. The van der Waals surface area contributed by atoms with Gasteiger partial charge in [0.25, 0.3) is 0 Å². The van der Waals surface area contributed by atoms with E-state index in [0.717, 1.165) is 32.1 Å². The van der Waals surface area contributed by atoms with Crippen LogP contribution in [0.2, 0.25) is 0 Å². The molecule has 24 heavy (non-hydrogen) atoms. The summed E-state index contributed by atoms with van der Waals surface area (Å²) in [6, 6.07) is 0. The summed E-state index contributed by atoms with van der Waals surface area (Å²) in [5.41, 5.74) is 0. The molecule has 1 rings (SSSR count). The molecule has 0 saturated heterocycles. The summed E-state index contributed by atoms with van der Waals surface area (Å²) in [5.74, 6) is -2.19. The van der Waals surface area contributed by atoms with Gasteiger partial charge in [0.2, 0.25) is 0 Å². The van der Waals surface area contributed by atoms with Crippen molar-refractivity contribution in [2.75, 3.05) is 6.61 Å². The van der Waals surface area contributed by atoms with Crippen molar-refractivity contribution in [1.82, 2.24) is 0 Å². The molecule has 0 aliphatic heterocycles. The van der Waals surface area contributed by atoms with E-state index in [1.807, 2.05) is 0 Å². The number of unbranched alkanes of at least 4 members (excludes halogenated alkanes) is 6. The number of hydrogen-bond donors (Lipinski definition) is 1. The Morgan fingerprint density at radius 3 is 2.25 bits per heavy atom. The lowest BCUT2D eigenvalue weighted by atomic mass is 9.79. The molecule has 0 aromatic heterocycles. The summed E-state index contributed by atoms with van der Waals surface area (Å²) in [5, 5.41) is 9.20. The molecule has 0 aromatic carbocycles. The van der Waals surface area contributed by atoms with Crippen LogP contribution in [0.15, 0.2) is 12.2 Å². The van der Waals surface area contributed by atoms with E-state index in [0.29, 0.717) is 19.4 Å². The topological polar surface area (TPSA) is 63.6 Å². The summed E-state index contributed by atoms with van der Waals surface area (Å²) in [6.07, 6.45) is 16.8. The van der Waals surface area contributed by atoms with Crippen LogP contribution < -0.4 is 0 Å². The molecule has 0 spiro atoms. The van der Waals surface area contributed by atoms with E-state index in [1.54, 1.807) is 0 Å². The third-order valence-electron chi connectivity index (χ3n) is 4.79. The molecule has 1 aliphatic rings. The van der Waals surface area contributed by atoms with Crippen LogP contribution in [-0.2, 0) is 14.3 Å². The minimum atomic E-state index is -0.862. The van der Waals surface area contributed by atoms with E-state index < -0.39 is 17.8 Å². The van der Waals surface area contributed by atoms with Crippen molar-refractivity contribution in [3.8, 4) is 0 Å². The maximum atomic E-state index is 12.1. The van der Waals surface area contributed by atoms with Crippen molar-refractivity contribution >= 4 is 11.9 Å². The lowest BCUT2D eigenvalue weighted by Gasteiger charge is -2.26. The van der Waals surface area contributed by atoms with Gasteiger partial charge in [0.15, 0.2) is 0 Å². The van der Waals surface area contributed by atoms with Crippen molar-refractivity contribution < 1.29 is 19.4 Å². The maximum Gasteiger partial charge on any atom is 0.309 e. The molecule has 1 fully saturated rings. The Bertz CT molecular complexity index is 389. The average molecular weight is 338 g/mol. The lowest BCUT2D eigenvalue weighted by Crippen LogP contribution is -2.33.